The van der Waals surface area contributed by atoms with Crippen molar-refractivity contribution in [1.29, 1.82) is 0 Å². The van der Waals surface area contributed by atoms with Crippen LogP contribution in [0.15, 0.2) is 59.5 Å². The molecule has 2 aromatic carbocycles. The molecule has 1 heterocycles. The number of benzene rings is 2. The second kappa shape index (κ2) is 12.2. The average Bonchev–Trinajstić information content (AvgIpc) is 3.37. The molecular weight excluding hydrogens is 500 g/mol. The highest BCUT2D eigenvalue weighted by Gasteiger charge is 2.40. The number of carbonyl (C=O) groups is 1. The lowest BCUT2D eigenvalue weighted by molar-refractivity contribution is 0.00480. The Bertz CT molecular complexity index is 1110. The minimum absolute atomic E-state index is 0.0383. The number of methoxy groups -OCH3 is 1. The van der Waals surface area contributed by atoms with E-state index in [-0.39, 0.29) is 24.5 Å². The standard InChI is InChI=1S/C26H36N2O8S/c1-26(2,32)18-27(37(33,34)22-11-9-21(35-3)10-12-22)16-24(29)23(15-19-7-5-4-6-8-19)28(25(30)31)20-13-14-36-17-20/h4-12,20,23-24,29,32H,13-18H2,1-3H3,(H,30,31)/t20-,23-,24+/m0/s1. The molecule has 11 heteroatoms. The highest BCUT2D eigenvalue weighted by molar-refractivity contribution is 7.89. The summed E-state index contributed by atoms with van der Waals surface area (Å²) in [7, 11) is -2.69. The molecule has 204 valence electrons. The van der Waals surface area contributed by atoms with Crippen molar-refractivity contribution in [3.8, 4) is 5.75 Å². The van der Waals surface area contributed by atoms with Crippen molar-refractivity contribution in [3.63, 3.8) is 0 Å². The van der Waals surface area contributed by atoms with Crippen LogP contribution >= 0.6 is 0 Å². The monoisotopic (exact) mass is 536 g/mol. The summed E-state index contributed by atoms with van der Waals surface area (Å²) in [5.41, 5.74) is -0.622. The first-order valence-corrected chi connectivity index (χ1v) is 13.5. The molecular formula is C26H36N2O8S. The molecule has 0 bridgehead atoms. The van der Waals surface area contributed by atoms with Crippen LogP contribution in [0.3, 0.4) is 0 Å². The maximum absolute atomic E-state index is 13.6. The second-order valence-corrected chi connectivity index (χ2v) is 11.8. The third-order valence-corrected chi connectivity index (χ3v) is 8.09. The number of rotatable bonds is 12. The number of hydrogen-bond acceptors (Lipinski definition) is 7. The predicted molar refractivity (Wildman–Crippen MR) is 137 cm³/mol. The van der Waals surface area contributed by atoms with Crippen LogP contribution in [0.4, 0.5) is 4.79 Å². The van der Waals surface area contributed by atoms with Gasteiger partial charge in [0.1, 0.15) is 5.75 Å². The van der Waals surface area contributed by atoms with Gasteiger partial charge in [0.15, 0.2) is 0 Å². The van der Waals surface area contributed by atoms with E-state index in [9.17, 15) is 28.5 Å². The molecule has 10 nitrogen and oxygen atoms in total. The Hall–Kier alpha value is -2.70. The van der Waals surface area contributed by atoms with E-state index in [2.05, 4.69) is 0 Å². The summed E-state index contributed by atoms with van der Waals surface area (Å²) in [4.78, 5) is 13.5. The van der Waals surface area contributed by atoms with Crippen molar-refractivity contribution in [1.82, 2.24) is 9.21 Å². The molecule has 3 N–H and O–H groups in total. The zero-order chi connectivity index (χ0) is 27.2. The second-order valence-electron chi connectivity index (χ2n) is 9.82. The lowest BCUT2D eigenvalue weighted by atomic mass is 9.97. The van der Waals surface area contributed by atoms with E-state index in [1.807, 2.05) is 30.3 Å². The van der Waals surface area contributed by atoms with E-state index < -0.39 is 46.4 Å². The first-order chi connectivity index (χ1) is 17.4. The Morgan fingerprint density at radius 2 is 1.81 bits per heavy atom. The Labute approximate surface area is 218 Å². The number of nitrogens with zero attached hydrogens (tertiary/aromatic N) is 2. The van der Waals surface area contributed by atoms with Crippen LogP contribution in [-0.2, 0) is 21.2 Å². The molecule has 0 aliphatic carbocycles. The fourth-order valence-corrected chi connectivity index (χ4v) is 6.10. The number of ether oxygens (including phenoxy) is 2. The van der Waals surface area contributed by atoms with E-state index in [0.29, 0.717) is 18.8 Å². The van der Waals surface area contributed by atoms with Gasteiger partial charge in [-0.15, -0.1) is 0 Å². The van der Waals surface area contributed by atoms with Gasteiger partial charge >= 0.3 is 6.09 Å². The van der Waals surface area contributed by atoms with Gasteiger partial charge in [-0.25, -0.2) is 13.2 Å². The van der Waals surface area contributed by atoms with E-state index in [0.717, 1.165) is 9.87 Å². The minimum atomic E-state index is -4.16. The number of hydrogen-bond donors (Lipinski definition) is 3. The molecule has 1 aliphatic rings. The van der Waals surface area contributed by atoms with Crippen LogP contribution in [-0.4, -0.2) is 96.2 Å². The fourth-order valence-electron chi connectivity index (χ4n) is 4.49. The molecule has 0 spiro atoms. The van der Waals surface area contributed by atoms with E-state index >= 15 is 0 Å². The van der Waals surface area contributed by atoms with Crippen LogP contribution in [0.5, 0.6) is 5.75 Å². The van der Waals surface area contributed by atoms with Crippen LogP contribution in [0.1, 0.15) is 25.8 Å². The van der Waals surface area contributed by atoms with Gasteiger partial charge in [0, 0.05) is 19.7 Å². The Morgan fingerprint density at radius 3 is 2.32 bits per heavy atom. The van der Waals surface area contributed by atoms with Crippen LogP contribution in [0, 0.1) is 0 Å². The average molecular weight is 537 g/mol. The molecule has 1 saturated heterocycles. The summed E-state index contributed by atoms with van der Waals surface area (Å²) in [5, 5.41) is 32.1. The third-order valence-electron chi connectivity index (χ3n) is 6.26. The molecule has 37 heavy (non-hydrogen) atoms. The molecule has 1 fully saturated rings. The SMILES string of the molecule is COc1ccc(S(=O)(=O)N(C[C@@H](O)[C@H](Cc2ccccc2)N(C(=O)O)[C@H]2CCOC2)CC(C)(C)O)cc1. The van der Waals surface area contributed by atoms with Gasteiger partial charge in [-0.05, 0) is 56.5 Å². The number of sulfonamides is 1. The van der Waals surface area contributed by atoms with Crippen molar-refractivity contribution in [3.05, 3.63) is 60.2 Å². The molecule has 0 unspecified atom stereocenters. The lowest BCUT2D eigenvalue weighted by Crippen LogP contribution is -2.57. The van der Waals surface area contributed by atoms with Crippen molar-refractivity contribution >= 4 is 16.1 Å². The zero-order valence-electron chi connectivity index (χ0n) is 21.4. The molecule has 2 aromatic rings. The maximum Gasteiger partial charge on any atom is 0.407 e. The summed E-state index contributed by atoms with van der Waals surface area (Å²) in [6.45, 7) is 2.80. The Kier molecular flexibility index (Phi) is 9.54. The van der Waals surface area contributed by atoms with E-state index in [1.54, 1.807) is 0 Å². The van der Waals surface area contributed by atoms with E-state index in [4.69, 9.17) is 9.47 Å². The number of amides is 1. The van der Waals surface area contributed by atoms with Crippen molar-refractivity contribution < 1.29 is 38.0 Å². The molecule has 3 atom stereocenters. The maximum atomic E-state index is 13.6. The van der Waals surface area contributed by atoms with Gasteiger partial charge in [0.25, 0.3) is 0 Å². The summed E-state index contributed by atoms with van der Waals surface area (Å²) >= 11 is 0. The summed E-state index contributed by atoms with van der Waals surface area (Å²) in [5.74, 6) is 0.479. The number of carboxylic acid groups (broad SMARTS) is 1. The van der Waals surface area contributed by atoms with Crippen molar-refractivity contribution in [2.24, 2.45) is 0 Å². The Balaban J connectivity index is 1.97. The van der Waals surface area contributed by atoms with Crippen molar-refractivity contribution in [2.45, 2.75) is 55.4 Å². The topological polar surface area (TPSA) is 137 Å². The summed E-state index contributed by atoms with van der Waals surface area (Å²) in [6, 6.07) is 13.5. The molecule has 3 rings (SSSR count). The van der Waals surface area contributed by atoms with Crippen LogP contribution in [0.2, 0.25) is 0 Å². The van der Waals surface area contributed by atoms with Gasteiger partial charge in [0.05, 0.1) is 42.4 Å². The van der Waals surface area contributed by atoms with E-state index in [1.165, 1.54) is 50.1 Å². The highest BCUT2D eigenvalue weighted by Crippen LogP contribution is 2.25. The van der Waals surface area contributed by atoms with Crippen LogP contribution in [0.25, 0.3) is 0 Å². The van der Waals surface area contributed by atoms with Gasteiger partial charge in [-0.1, -0.05) is 30.3 Å². The fraction of sp³-hybridized carbons (Fsp3) is 0.500. The third kappa shape index (κ3) is 7.65. The molecule has 0 saturated carbocycles. The number of aliphatic hydroxyl groups excluding tert-OH is 1. The molecule has 0 aromatic heterocycles. The van der Waals surface area contributed by atoms with Gasteiger partial charge in [-0.3, -0.25) is 4.90 Å². The first-order valence-electron chi connectivity index (χ1n) is 12.1. The first kappa shape index (κ1) is 28.9. The quantitative estimate of drug-likeness (QED) is 0.376. The molecule has 1 amide bonds. The smallest absolute Gasteiger partial charge is 0.407 e. The largest absolute Gasteiger partial charge is 0.497 e. The molecule has 0 radical (unpaired) electrons. The molecule has 1 aliphatic heterocycles. The van der Waals surface area contributed by atoms with Crippen molar-refractivity contribution in [2.75, 3.05) is 33.4 Å². The summed E-state index contributed by atoms with van der Waals surface area (Å²) in [6.07, 6.45) is -1.97. The zero-order valence-corrected chi connectivity index (χ0v) is 22.2. The summed E-state index contributed by atoms with van der Waals surface area (Å²) < 4.78 is 38.7. The van der Waals surface area contributed by atoms with Gasteiger partial charge in [-0.2, -0.15) is 4.31 Å². The highest BCUT2D eigenvalue weighted by atomic mass is 32.2. The minimum Gasteiger partial charge on any atom is -0.497 e. The van der Waals surface area contributed by atoms with Gasteiger partial charge in [0.2, 0.25) is 10.0 Å². The van der Waals surface area contributed by atoms with Crippen LogP contribution < -0.4 is 4.74 Å². The lowest BCUT2D eigenvalue weighted by Gasteiger charge is -2.38. The number of aliphatic hydroxyl groups is 2. The van der Waals surface area contributed by atoms with Gasteiger partial charge < -0.3 is 24.8 Å². The Morgan fingerprint density at radius 1 is 1.16 bits per heavy atom. The normalized spacial score (nSPS) is 17.9. The predicted octanol–water partition coefficient (Wildman–Crippen LogP) is 2.20.